The van der Waals surface area contributed by atoms with Crippen molar-refractivity contribution in [2.24, 2.45) is 0 Å². The van der Waals surface area contributed by atoms with Crippen LogP contribution in [-0.4, -0.2) is 61.7 Å². The standard InChI is InChI=1S/C29H24FN7O4S/c30-23-8-4-5-9-25(23)36-27(20-6-2-1-3-7-20)32-33-29(36)42-19-26-31-24(18-41-26)28(38)35-16-14-34(15-17-35)21-10-12-22(13-11-21)37(39)40/h1-13,18H,14-17,19H2. The number of hydrogen-bond donors (Lipinski definition) is 0. The number of carbonyl (C=O) groups excluding carboxylic acids is 1. The number of nitro benzene ring substituents is 1. The van der Waals surface area contributed by atoms with E-state index in [1.807, 2.05) is 30.3 Å². The molecule has 0 unspecified atom stereocenters. The van der Waals surface area contributed by atoms with Crippen LogP contribution in [0.3, 0.4) is 0 Å². The molecule has 3 heterocycles. The van der Waals surface area contributed by atoms with Gasteiger partial charge in [0.25, 0.3) is 11.6 Å². The first-order valence-corrected chi connectivity index (χ1v) is 14.1. The van der Waals surface area contributed by atoms with Gasteiger partial charge in [-0.3, -0.25) is 19.5 Å². The summed E-state index contributed by atoms with van der Waals surface area (Å²) < 4.78 is 22.1. The Kier molecular flexibility index (Phi) is 7.64. The molecule has 0 N–H and O–H groups in total. The average Bonchev–Trinajstić information content (AvgIpc) is 3.68. The maximum Gasteiger partial charge on any atom is 0.275 e. The monoisotopic (exact) mass is 585 g/mol. The van der Waals surface area contributed by atoms with Gasteiger partial charge in [-0.1, -0.05) is 54.2 Å². The van der Waals surface area contributed by atoms with Crippen LogP contribution in [0.15, 0.2) is 94.7 Å². The number of nitro groups is 1. The van der Waals surface area contributed by atoms with Gasteiger partial charge in [-0.25, -0.2) is 9.37 Å². The Morgan fingerprint density at radius 1 is 0.952 bits per heavy atom. The molecule has 1 aliphatic heterocycles. The van der Waals surface area contributed by atoms with Crippen molar-refractivity contribution < 1.29 is 18.5 Å². The van der Waals surface area contributed by atoms with Gasteiger partial charge in [-0.05, 0) is 24.3 Å². The fourth-order valence-corrected chi connectivity index (χ4v) is 5.50. The number of amides is 1. The largest absolute Gasteiger partial charge is 0.447 e. The van der Waals surface area contributed by atoms with Crippen LogP contribution < -0.4 is 4.90 Å². The topological polar surface area (TPSA) is 123 Å². The Morgan fingerprint density at radius 3 is 2.38 bits per heavy atom. The first kappa shape index (κ1) is 27.1. The summed E-state index contributed by atoms with van der Waals surface area (Å²) in [5.41, 5.74) is 2.22. The van der Waals surface area contributed by atoms with Crippen LogP contribution in [0.1, 0.15) is 16.4 Å². The third-order valence-corrected chi connectivity index (χ3v) is 7.76. The summed E-state index contributed by atoms with van der Waals surface area (Å²) >= 11 is 1.27. The molecule has 11 nitrogen and oxygen atoms in total. The predicted molar refractivity (Wildman–Crippen MR) is 154 cm³/mol. The number of carbonyl (C=O) groups is 1. The zero-order valence-electron chi connectivity index (χ0n) is 22.2. The van der Waals surface area contributed by atoms with Crippen LogP contribution >= 0.6 is 11.8 Å². The van der Waals surface area contributed by atoms with Gasteiger partial charge in [0.05, 0.1) is 16.4 Å². The highest BCUT2D eigenvalue weighted by atomic mass is 32.2. The molecule has 212 valence electrons. The van der Waals surface area contributed by atoms with Crippen LogP contribution in [-0.2, 0) is 5.75 Å². The van der Waals surface area contributed by atoms with Gasteiger partial charge in [0.15, 0.2) is 16.7 Å². The molecule has 0 saturated carbocycles. The highest BCUT2D eigenvalue weighted by Crippen LogP contribution is 2.31. The lowest BCUT2D eigenvalue weighted by molar-refractivity contribution is -0.384. The molecule has 6 rings (SSSR count). The molecule has 0 radical (unpaired) electrons. The van der Waals surface area contributed by atoms with Crippen LogP contribution in [0.5, 0.6) is 0 Å². The van der Waals surface area contributed by atoms with Crippen molar-refractivity contribution in [3.05, 3.63) is 113 Å². The quantitative estimate of drug-likeness (QED) is 0.137. The number of non-ortho nitro benzene ring substituents is 1. The number of benzene rings is 3. The average molecular weight is 586 g/mol. The zero-order chi connectivity index (χ0) is 29.1. The molecular formula is C29H24FN7O4S. The molecular weight excluding hydrogens is 561 g/mol. The Morgan fingerprint density at radius 2 is 1.67 bits per heavy atom. The lowest BCUT2D eigenvalue weighted by atomic mass is 10.2. The number of nitrogens with zero attached hydrogens (tertiary/aromatic N) is 7. The van der Waals surface area contributed by atoms with Gasteiger partial charge >= 0.3 is 0 Å². The van der Waals surface area contributed by atoms with Gasteiger partial charge in [0.2, 0.25) is 5.89 Å². The Labute approximate surface area is 243 Å². The third-order valence-electron chi connectivity index (χ3n) is 6.85. The van der Waals surface area contributed by atoms with E-state index in [2.05, 4.69) is 20.1 Å². The first-order chi connectivity index (χ1) is 20.5. The molecule has 2 aromatic heterocycles. The molecule has 1 aliphatic rings. The van der Waals surface area contributed by atoms with E-state index in [1.54, 1.807) is 39.8 Å². The Bertz CT molecular complexity index is 1720. The van der Waals surface area contributed by atoms with Crippen LogP contribution in [0, 0.1) is 15.9 Å². The molecule has 3 aromatic carbocycles. The van der Waals surface area contributed by atoms with Crippen molar-refractivity contribution in [3.8, 4) is 17.1 Å². The van der Waals surface area contributed by atoms with E-state index < -0.39 is 10.7 Å². The van der Waals surface area contributed by atoms with Gasteiger partial charge < -0.3 is 14.2 Å². The molecule has 5 aromatic rings. The summed E-state index contributed by atoms with van der Waals surface area (Å²) in [6.45, 7) is 2.11. The number of oxazole rings is 1. The summed E-state index contributed by atoms with van der Waals surface area (Å²) in [5.74, 6) is 0.438. The van der Waals surface area contributed by atoms with E-state index in [-0.39, 0.29) is 23.0 Å². The van der Waals surface area contributed by atoms with Gasteiger partial charge in [0, 0.05) is 49.6 Å². The van der Waals surface area contributed by atoms with Crippen molar-refractivity contribution in [1.82, 2.24) is 24.6 Å². The molecule has 0 bridgehead atoms. The Balaban J connectivity index is 1.12. The normalized spacial score (nSPS) is 13.4. The highest BCUT2D eigenvalue weighted by Gasteiger charge is 2.25. The number of rotatable bonds is 8. The number of thioether (sulfide) groups is 1. The summed E-state index contributed by atoms with van der Waals surface area (Å²) in [6, 6.07) is 22.2. The van der Waals surface area contributed by atoms with E-state index in [4.69, 9.17) is 4.42 Å². The second kappa shape index (κ2) is 11.8. The van der Waals surface area contributed by atoms with Crippen LogP contribution in [0.4, 0.5) is 15.8 Å². The van der Waals surface area contributed by atoms with Crippen molar-refractivity contribution in [2.45, 2.75) is 10.9 Å². The minimum absolute atomic E-state index is 0.0386. The molecule has 1 amide bonds. The molecule has 1 saturated heterocycles. The van der Waals surface area contributed by atoms with Gasteiger partial charge in [-0.15, -0.1) is 10.2 Å². The number of aromatic nitrogens is 4. The SMILES string of the molecule is O=C(c1coc(CSc2nnc(-c3ccccc3)n2-c2ccccc2F)n1)N1CCN(c2ccc([N+](=O)[O-])cc2)CC1. The lowest BCUT2D eigenvalue weighted by Crippen LogP contribution is -2.48. The van der Waals surface area contributed by atoms with E-state index in [1.165, 1.54) is 36.2 Å². The van der Waals surface area contributed by atoms with Crippen molar-refractivity contribution in [2.75, 3.05) is 31.1 Å². The molecule has 0 spiro atoms. The zero-order valence-corrected chi connectivity index (χ0v) is 23.0. The van der Waals surface area contributed by atoms with Crippen LogP contribution in [0.25, 0.3) is 17.1 Å². The summed E-state index contributed by atoms with van der Waals surface area (Å²) in [4.78, 5) is 31.8. The van der Waals surface area contributed by atoms with E-state index in [0.29, 0.717) is 48.7 Å². The second-order valence-electron chi connectivity index (χ2n) is 9.43. The number of piperazine rings is 1. The minimum atomic E-state index is -0.429. The van der Waals surface area contributed by atoms with Crippen LogP contribution in [0.2, 0.25) is 0 Å². The minimum Gasteiger partial charge on any atom is -0.447 e. The summed E-state index contributed by atoms with van der Waals surface area (Å²) in [6.07, 6.45) is 1.35. The summed E-state index contributed by atoms with van der Waals surface area (Å²) in [5, 5.41) is 20.0. The number of para-hydroxylation sites is 1. The first-order valence-electron chi connectivity index (χ1n) is 13.1. The number of hydrogen-bond acceptors (Lipinski definition) is 9. The molecule has 1 fully saturated rings. The molecule has 0 aliphatic carbocycles. The van der Waals surface area contributed by atoms with Crippen molar-refractivity contribution in [1.29, 1.82) is 0 Å². The summed E-state index contributed by atoms with van der Waals surface area (Å²) in [7, 11) is 0. The maximum absolute atomic E-state index is 14.8. The number of halogens is 1. The van der Waals surface area contributed by atoms with E-state index in [9.17, 15) is 19.3 Å². The number of anilines is 1. The molecule has 42 heavy (non-hydrogen) atoms. The van der Waals surface area contributed by atoms with E-state index in [0.717, 1.165) is 11.3 Å². The van der Waals surface area contributed by atoms with Gasteiger partial charge in [0.1, 0.15) is 12.1 Å². The fourth-order valence-electron chi connectivity index (χ4n) is 4.70. The van der Waals surface area contributed by atoms with Gasteiger partial charge in [-0.2, -0.15) is 0 Å². The fraction of sp³-hybridized carbons (Fsp3) is 0.172. The smallest absolute Gasteiger partial charge is 0.275 e. The van der Waals surface area contributed by atoms with E-state index >= 15 is 0 Å². The third kappa shape index (κ3) is 5.59. The molecule has 0 atom stereocenters. The lowest BCUT2D eigenvalue weighted by Gasteiger charge is -2.35. The van der Waals surface area contributed by atoms with Crippen molar-refractivity contribution >= 4 is 29.0 Å². The predicted octanol–water partition coefficient (Wildman–Crippen LogP) is 5.22. The maximum atomic E-state index is 14.8. The molecule has 13 heteroatoms. The highest BCUT2D eigenvalue weighted by molar-refractivity contribution is 7.98. The Hall–Kier alpha value is -5.04. The second-order valence-corrected chi connectivity index (χ2v) is 10.4. The van der Waals surface area contributed by atoms with Crippen molar-refractivity contribution in [3.63, 3.8) is 0 Å².